The summed E-state index contributed by atoms with van der Waals surface area (Å²) in [6.45, 7) is 3.92. The van der Waals surface area contributed by atoms with Crippen LogP contribution in [-0.2, 0) is 0 Å². The first-order valence-corrected chi connectivity index (χ1v) is 5.36. The van der Waals surface area contributed by atoms with E-state index in [0.29, 0.717) is 5.70 Å². The van der Waals surface area contributed by atoms with Crippen LogP contribution in [0.1, 0.15) is 13.8 Å². The summed E-state index contributed by atoms with van der Waals surface area (Å²) in [5.74, 6) is 0. The zero-order valence-electron chi connectivity index (χ0n) is 8.11. The highest BCUT2D eigenvalue weighted by atomic mass is 79.9. The Morgan fingerprint density at radius 3 is 2.79 bits per heavy atom. The van der Waals surface area contributed by atoms with E-state index in [4.69, 9.17) is 0 Å². The zero-order valence-corrected chi connectivity index (χ0v) is 9.69. The van der Waals surface area contributed by atoms with Crippen LogP contribution in [0.5, 0.6) is 0 Å². The van der Waals surface area contributed by atoms with Crippen molar-refractivity contribution in [3.05, 3.63) is 34.0 Å². The van der Waals surface area contributed by atoms with Crippen molar-refractivity contribution in [2.45, 2.75) is 30.8 Å². The number of rotatable bonds is 3. The first kappa shape index (κ1) is 11.2. The van der Waals surface area contributed by atoms with E-state index >= 15 is 0 Å². The average Bonchev–Trinajstić information content (AvgIpc) is 2.01. The molecule has 0 radical (unpaired) electrons. The molecule has 5 heteroatoms. The largest absolute Gasteiger partial charge is 0.381 e. The molecule has 0 spiro atoms. The molecule has 0 aliphatic heterocycles. The third-order valence-corrected chi connectivity index (χ3v) is 2.68. The second kappa shape index (κ2) is 4.59. The van der Waals surface area contributed by atoms with Crippen LogP contribution in [0.15, 0.2) is 23.9 Å². The molecular formula is C9H13BrN2O2. The van der Waals surface area contributed by atoms with Gasteiger partial charge in [0.25, 0.3) is 6.04 Å². The van der Waals surface area contributed by atoms with Gasteiger partial charge in [-0.15, -0.1) is 0 Å². The number of allylic oxidation sites excluding steroid dienone is 2. The summed E-state index contributed by atoms with van der Waals surface area (Å²) in [5, 5.41) is 13.9. The van der Waals surface area contributed by atoms with Crippen LogP contribution in [0.2, 0.25) is 0 Å². The Labute approximate surface area is 91.3 Å². The van der Waals surface area contributed by atoms with Gasteiger partial charge in [0, 0.05) is 11.0 Å². The van der Waals surface area contributed by atoms with Crippen molar-refractivity contribution in [2.75, 3.05) is 0 Å². The van der Waals surface area contributed by atoms with Crippen LogP contribution in [0.3, 0.4) is 0 Å². The molecule has 14 heavy (non-hydrogen) atoms. The minimum Gasteiger partial charge on any atom is -0.381 e. The summed E-state index contributed by atoms with van der Waals surface area (Å²) in [6.07, 6.45) is 5.36. The smallest absolute Gasteiger partial charge is 0.267 e. The molecule has 4 nitrogen and oxygen atoms in total. The van der Waals surface area contributed by atoms with E-state index in [1.807, 2.05) is 19.9 Å². The molecule has 1 N–H and O–H groups in total. The molecule has 0 aromatic rings. The normalized spacial score (nSPS) is 26.1. The molecule has 1 aliphatic rings. The maximum absolute atomic E-state index is 10.8. The van der Waals surface area contributed by atoms with E-state index in [1.54, 1.807) is 12.2 Å². The average molecular weight is 261 g/mol. The molecule has 0 aromatic carbocycles. The van der Waals surface area contributed by atoms with Gasteiger partial charge in [0.2, 0.25) is 0 Å². The molecule has 0 bridgehead atoms. The predicted molar refractivity (Wildman–Crippen MR) is 59.0 cm³/mol. The number of hydrogen-bond acceptors (Lipinski definition) is 3. The molecule has 0 amide bonds. The molecule has 78 valence electrons. The summed E-state index contributed by atoms with van der Waals surface area (Å²) >= 11 is 3.28. The second-order valence-electron chi connectivity index (χ2n) is 3.48. The molecule has 0 fully saturated rings. The van der Waals surface area contributed by atoms with Crippen LogP contribution in [-0.4, -0.2) is 21.8 Å². The zero-order chi connectivity index (χ0) is 10.7. The van der Waals surface area contributed by atoms with Gasteiger partial charge >= 0.3 is 0 Å². The van der Waals surface area contributed by atoms with Gasteiger partial charge in [0.1, 0.15) is 4.83 Å². The highest BCUT2D eigenvalue weighted by Gasteiger charge is 2.33. The molecule has 0 aromatic heterocycles. The number of alkyl halides is 1. The Balaban J connectivity index is 2.83. The van der Waals surface area contributed by atoms with Crippen molar-refractivity contribution >= 4 is 15.9 Å². The third-order valence-electron chi connectivity index (χ3n) is 1.87. The lowest BCUT2D eigenvalue weighted by Gasteiger charge is -2.21. The Morgan fingerprint density at radius 1 is 1.64 bits per heavy atom. The van der Waals surface area contributed by atoms with Gasteiger partial charge in [0.05, 0.1) is 5.70 Å². The number of nitrogens with zero attached hydrogens (tertiary/aromatic N) is 1. The lowest BCUT2D eigenvalue weighted by Crippen LogP contribution is -2.40. The molecule has 0 heterocycles. The Kier molecular flexibility index (Phi) is 3.69. The number of nitrogens with one attached hydrogen (secondary N) is 1. The van der Waals surface area contributed by atoms with Crippen LogP contribution >= 0.6 is 15.9 Å². The van der Waals surface area contributed by atoms with Crippen molar-refractivity contribution in [1.82, 2.24) is 5.32 Å². The maximum Gasteiger partial charge on any atom is 0.267 e. The fraction of sp³-hybridized carbons (Fsp3) is 0.556. The first-order valence-electron chi connectivity index (χ1n) is 4.45. The van der Waals surface area contributed by atoms with Gasteiger partial charge in [-0.3, -0.25) is 10.1 Å². The van der Waals surface area contributed by atoms with Gasteiger partial charge in [0.15, 0.2) is 0 Å². The predicted octanol–water partition coefficient (Wildman–Crippen LogP) is 1.85. The maximum atomic E-state index is 10.8. The van der Waals surface area contributed by atoms with Crippen molar-refractivity contribution in [3.8, 4) is 0 Å². The van der Waals surface area contributed by atoms with E-state index in [-0.39, 0.29) is 15.8 Å². The Hall–Kier alpha value is -0.840. The monoisotopic (exact) mass is 260 g/mol. The van der Waals surface area contributed by atoms with Crippen molar-refractivity contribution in [3.63, 3.8) is 0 Å². The van der Waals surface area contributed by atoms with E-state index < -0.39 is 6.04 Å². The molecule has 2 unspecified atom stereocenters. The fourth-order valence-electron chi connectivity index (χ4n) is 1.34. The Bertz CT molecular complexity index is 287. The van der Waals surface area contributed by atoms with Gasteiger partial charge < -0.3 is 5.32 Å². The Morgan fingerprint density at radius 2 is 2.29 bits per heavy atom. The minimum absolute atomic E-state index is 0.204. The summed E-state index contributed by atoms with van der Waals surface area (Å²) in [5.41, 5.74) is 0.661. The minimum atomic E-state index is -0.706. The van der Waals surface area contributed by atoms with Crippen LogP contribution in [0, 0.1) is 10.1 Å². The number of nitro groups is 1. The first-order chi connectivity index (χ1) is 6.52. The molecular weight excluding hydrogens is 248 g/mol. The molecule has 2 atom stereocenters. The van der Waals surface area contributed by atoms with Gasteiger partial charge in [-0.2, -0.15) is 0 Å². The summed E-state index contributed by atoms with van der Waals surface area (Å²) < 4.78 is 0. The van der Waals surface area contributed by atoms with Crippen molar-refractivity contribution < 1.29 is 4.92 Å². The van der Waals surface area contributed by atoms with Gasteiger partial charge in [-0.05, 0) is 19.9 Å². The number of hydrogen-bond donors (Lipinski definition) is 1. The number of halogens is 1. The summed E-state index contributed by atoms with van der Waals surface area (Å²) in [4.78, 5) is 10.3. The van der Waals surface area contributed by atoms with Gasteiger partial charge in [-0.1, -0.05) is 28.1 Å². The van der Waals surface area contributed by atoms with Crippen LogP contribution in [0.4, 0.5) is 0 Å². The third kappa shape index (κ3) is 2.57. The molecule has 1 rings (SSSR count). The summed E-state index contributed by atoms with van der Waals surface area (Å²) in [7, 11) is 0. The highest BCUT2D eigenvalue weighted by Crippen LogP contribution is 2.21. The molecule has 0 saturated heterocycles. The topological polar surface area (TPSA) is 55.2 Å². The molecule has 0 saturated carbocycles. The summed E-state index contributed by atoms with van der Waals surface area (Å²) in [6, 6.07) is -0.503. The van der Waals surface area contributed by atoms with Gasteiger partial charge in [-0.25, -0.2) is 0 Å². The standard InChI is InChI=1S/C9H13BrN2O2/c1-6(2)11-8-5-3-4-7(10)9(8)12(13)14/h3-7,9,11H,1-2H3. The van der Waals surface area contributed by atoms with Crippen LogP contribution in [0.25, 0.3) is 0 Å². The SMILES string of the molecule is CC(C)NC1=CC=CC(Br)C1[N+](=O)[O-]. The quantitative estimate of drug-likeness (QED) is 0.479. The van der Waals surface area contributed by atoms with Crippen molar-refractivity contribution in [1.29, 1.82) is 0 Å². The van der Waals surface area contributed by atoms with E-state index in [2.05, 4.69) is 21.2 Å². The second-order valence-corrected chi connectivity index (χ2v) is 4.54. The fourth-order valence-corrected chi connectivity index (χ4v) is 1.99. The van der Waals surface area contributed by atoms with E-state index in [9.17, 15) is 10.1 Å². The lowest BCUT2D eigenvalue weighted by atomic mass is 10.1. The highest BCUT2D eigenvalue weighted by molar-refractivity contribution is 9.09. The van der Waals surface area contributed by atoms with E-state index in [0.717, 1.165) is 0 Å². The van der Waals surface area contributed by atoms with Crippen molar-refractivity contribution in [2.24, 2.45) is 0 Å². The van der Waals surface area contributed by atoms with E-state index in [1.165, 1.54) is 0 Å². The molecule has 1 aliphatic carbocycles. The lowest BCUT2D eigenvalue weighted by molar-refractivity contribution is -0.510. The van der Waals surface area contributed by atoms with Crippen LogP contribution < -0.4 is 5.32 Å².